The van der Waals surface area contributed by atoms with Crippen molar-refractivity contribution in [2.45, 2.75) is 13.5 Å². The van der Waals surface area contributed by atoms with Crippen molar-refractivity contribution in [3.05, 3.63) is 96.3 Å². The number of nitrogens with zero attached hydrogens (tertiary/aromatic N) is 3. The average molecular weight is 301 g/mol. The van der Waals surface area contributed by atoms with Crippen molar-refractivity contribution in [3.63, 3.8) is 0 Å². The highest BCUT2D eigenvalue weighted by Crippen LogP contribution is 2.18. The molecule has 23 heavy (non-hydrogen) atoms. The summed E-state index contributed by atoms with van der Waals surface area (Å²) in [4.78, 5) is 4.06. The van der Waals surface area contributed by atoms with Crippen molar-refractivity contribution in [3.8, 4) is 0 Å². The number of pyridine rings is 1. The van der Waals surface area contributed by atoms with Crippen LogP contribution in [-0.4, -0.2) is 10.7 Å². The number of hydrazone groups is 1. The van der Waals surface area contributed by atoms with E-state index >= 15 is 0 Å². The fourth-order valence-electron chi connectivity index (χ4n) is 2.37. The van der Waals surface area contributed by atoms with Gasteiger partial charge in [-0.15, -0.1) is 0 Å². The van der Waals surface area contributed by atoms with Gasteiger partial charge in [0.1, 0.15) is 0 Å². The van der Waals surface area contributed by atoms with E-state index in [2.05, 4.69) is 41.4 Å². The van der Waals surface area contributed by atoms with E-state index in [1.54, 1.807) is 12.4 Å². The van der Waals surface area contributed by atoms with Gasteiger partial charge in [0.05, 0.1) is 17.9 Å². The Morgan fingerprint density at radius 3 is 2.13 bits per heavy atom. The van der Waals surface area contributed by atoms with E-state index in [-0.39, 0.29) is 0 Å². The molecule has 1 heterocycles. The van der Waals surface area contributed by atoms with Crippen molar-refractivity contribution in [2.24, 2.45) is 5.10 Å². The van der Waals surface area contributed by atoms with Gasteiger partial charge < -0.3 is 0 Å². The van der Waals surface area contributed by atoms with Gasteiger partial charge in [-0.3, -0.25) is 9.99 Å². The van der Waals surface area contributed by atoms with E-state index in [0.717, 1.165) is 23.5 Å². The number of aromatic nitrogens is 1. The maximum absolute atomic E-state index is 4.83. The maximum atomic E-state index is 4.83. The lowest BCUT2D eigenvalue weighted by molar-refractivity contribution is 0.853. The Balaban J connectivity index is 1.92. The molecule has 0 saturated heterocycles. The monoisotopic (exact) mass is 301 g/mol. The second kappa shape index (κ2) is 7.36. The van der Waals surface area contributed by atoms with Gasteiger partial charge in [-0.1, -0.05) is 48.5 Å². The number of rotatable bonds is 5. The van der Waals surface area contributed by atoms with Crippen LogP contribution in [0, 0.1) is 0 Å². The SMILES string of the molecule is C/C(=N/N(Cc1ccccc1)c1ccccc1)c1ccncc1. The van der Waals surface area contributed by atoms with E-state index in [4.69, 9.17) is 5.10 Å². The minimum Gasteiger partial charge on any atom is -0.265 e. The Morgan fingerprint density at radius 1 is 0.870 bits per heavy atom. The van der Waals surface area contributed by atoms with Crippen molar-refractivity contribution >= 4 is 11.4 Å². The van der Waals surface area contributed by atoms with E-state index in [9.17, 15) is 0 Å². The van der Waals surface area contributed by atoms with Gasteiger partial charge in [0.25, 0.3) is 0 Å². The predicted octanol–water partition coefficient (Wildman–Crippen LogP) is 4.51. The largest absolute Gasteiger partial charge is 0.265 e. The van der Waals surface area contributed by atoms with Gasteiger partial charge in [-0.05, 0) is 36.8 Å². The molecule has 0 aliphatic rings. The first-order valence-corrected chi connectivity index (χ1v) is 7.65. The third-order valence-corrected chi connectivity index (χ3v) is 3.60. The summed E-state index contributed by atoms with van der Waals surface area (Å²) in [5.41, 5.74) is 4.34. The third-order valence-electron chi connectivity index (χ3n) is 3.60. The molecule has 2 aromatic carbocycles. The minimum absolute atomic E-state index is 0.729. The van der Waals surface area contributed by atoms with Gasteiger partial charge in [0.15, 0.2) is 0 Å². The Hall–Kier alpha value is -2.94. The molecule has 0 saturated carbocycles. The topological polar surface area (TPSA) is 28.5 Å². The van der Waals surface area contributed by atoms with Crippen LogP contribution in [0.5, 0.6) is 0 Å². The first kappa shape index (κ1) is 15.0. The summed E-state index contributed by atoms with van der Waals surface area (Å²) >= 11 is 0. The summed E-state index contributed by atoms with van der Waals surface area (Å²) in [5.74, 6) is 0. The zero-order valence-electron chi connectivity index (χ0n) is 13.1. The predicted molar refractivity (Wildman–Crippen MR) is 95.5 cm³/mol. The van der Waals surface area contributed by atoms with Crippen LogP contribution in [-0.2, 0) is 6.54 Å². The number of anilines is 1. The first-order chi connectivity index (χ1) is 11.3. The maximum Gasteiger partial charge on any atom is 0.0666 e. The molecule has 0 bridgehead atoms. The van der Waals surface area contributed by atoms with E-state index in [0.29, 0.717) is 0 Å². The highest BCUT2D eigenvalue weighted by molar-refractivity contribution is 5.99. The molecule has 3 heteroatoms. The second-order valence-corrected chi connectivity index (χ2v) is 5.30. The van der Waals surface area contributed by atoms with Crippen LogP contribution in [0.1, 0.15) is 18.1 Å². The molecule has 0 aliphatic carbocycles. The number of hydrogen-bond acceptors (Lipinski definition) is 3. The Bertz CT molecular complexity index is 753. The molecular weight excluding hydrogens is 282 g/mol. The van der Waals surface area contributed by atoms with E-state index in [1.807, 2.05) is 48.3 Å². The summed E-state index contributed by atoms with van der Waals surface area (Å²) in [6, 6.07) is 24.6. The summed E-state index contributed by atoms with van der Waals surface area (Å²) in [5, 5.41) is 6.87. The fraction of sp³-hybridized carbons (Fsp3) is 0.100. The zero-order chi connectivity index (χ0) is 15.9. The van der Waals surface area contributed by atoms with Gasteiger partial charge >= 0.3 is 0 Å². The van der Waals surface area contributed by atoms with Crippen LogP contribution in [0.25, 0.3) is 0 Å². The highest BCUT2D eigenvalue weighted by atomic mass is 15.5. The molecule has 0 amide bonds. The van der Waals surface area contributed by atoms with Gasteiger partial charge in [0, 0.05) is 18.0 Å². The molecule has 1 aromatic heterocycles. The number of hydrogen-bond donors (Lipinski definition) is 0. The van der Waals surface area contributed by atoms with Crippen LogP contribution in [0.15, 0.2) is 90.3 Å². The molecular formula is C20H19N3. The second-order valence-electron chi connectivity index (χ2n) is 5.30. The summed E-state index contributed by atoms with van der Waals surface area (Å²) in [6.07, 6.45) is 3.58. The summed E-state index contributed by atoms with van der Waals surface area (Å²) < 4.78 is 0. The molecule has 3 nitrogen and oxygen atoms in total. The molecule has 3 aromatic rings. The quantitative estimate of drug-likeness (QED) is 0.512. The average Bonchev–Trinajstić information content (AvgIpc) is 2.63. The Morgan fingerprint density at radius 2 is 1.48 bits per heavy atom. The molecule has 3 rings (SSSR count). The van der Waals surface area contributed by atoms with Gasteiger partial charge in [0.2, 0.25) is 0 Å². The summed E-state index contributed by atoms with van der Waals surface area (Å²) in [6.45, 7) is 2.75. The fourth-order valence-corrected chi connectivity index (χ4v) is 2.37. The van der Waals surface area contributed by atoms with Crippen LogP contribution in [0.2, 0.25) is 0 Å². The summed E-state index contributed by atoms with van der Waals surface area (Å²) in [7, 11) is 0. The van der Waals surface area contributed by atoms with Crippen molar-refractivity contribution in [2.75, 3.05) is 5.01 Å². The molecule has 0 fully saturated rings. The van der Waals surface area contributed by atoms with Crippen molar-refractivity contribution < 1.29 is 0 Å². The van der Waals surface area contributed by atoms with Crippen LogP contribution < -0.4 is 5.01 Å². The van der Waals surface area contributed by atoms with Crippen LogP contribution >= 0.6 is 0 Å². The Labute approximate surface area is 136 Å². The van der Waals surface area contributed by atoms with Crippen LogP contribution in [0.4, 0.5) is 5.69 Å². The standard InChI is InChI=1S/C20H19N3/c1-17(19-12-14-21-15-13-19)22-23(20-10-6-3-7-11-20)16-18-8-4-2-5-9-18/h2-15H,16H2,1H3/b22-17-. The highest BCUT2D eigenvalue weighted by Gasteiger charge is 2.07. The van der Waals surface area contributed by atoms with Gasteiger partial charge in [-0.25, -0.2) is 0 Å². The minimum atomic E-state index is 0.729. The lowest BCUT2D eigenvalue weighted by atomic mass is 10.2. The molecule has 0 N–H and O–H groups in total. The van der Waals surface area contributed by atoms with Crippen LogP contribution in [0.3, 0.4) is 0 Å². The Kier molecular flexibility index (Phi) is 4.79. The number of para-hydroxylation sites is 1. The molecule has 0 spiro atoms. The molecule has 0 unspecified atom stereocenters. The zero-order valence-corrected chi connectivity index (χ0v) is 13.1. The third kappa shape index (κ3) is 4.04. The number of benzene rings is 2. The molecule has 0 atom stereocenters. The molecule has 0 aliphatic heterocycles. The molecule has 0 radical (unpaired) electrons. The lowest BCUT2D eigenvalue weighted by Gasteiger charge is -2.20. The first-order valence-electron chi connectivity index (χ1n) is 7.65. The van der Waals surface area contributed by atoms with E-state index < -0.39 is 0 Å². The smallest absolute Gasteiger partial charge is 0.0666 e. The molecule has 114 valence electrons. The van der Waals surface area contributed by atoms with E-state index in [1.165, 1.54) is 5.56 Å². The lowest BCUT2D eigenvalue weighted by Crippen LogP contribution is -2.18. The van der Waals surface area contributed by atoms with Crippen molar-refractivity contribution in [1.82, 2.24) is 4.98 Å². The normalized spacial score (nSPS) is 11.3. The van der Waals surface area contributed by atoms with Gasteiger partial charge in [-0.2, -0.15) is 5.10 Å². The van der Waals surface area contributed by atoms with Crippen molar-refractivity contribution in [1.29, 1.82) is 0 Å².